The number of fused-ring (bicyclic) bond motifs is 1. The maximum Gasteiger partial charge on any atom is 0.266 e. The number of sulfonamides is 1. The predicted molar refractivity (Wildman–Crippen MR) is 100.0 cm³/mol. The first-order valence-electron chi connectivity index (χ1n) is 8.01. The van der Waals surface area contributed by atoms with Crippen molar-refractivity contribution >= 4 is 38.7 Å². The Bertz CT molecular complexity index is 1110. The molecule has 0 spiro atoms. The van der Waals surface area contributed by atoms with Gasteiger partial charge in [-0.25, -0.2) is 22.5 Å². The van der Waals surface area contributed by atoms with Crippen LogP contribution in [0.1, 0.15) is 5.56 Å². The number of benzene rings is 2. The lowest BCUT2D eigenvalue weighted by Crippen LogP contribution is -2.49. The van der Waals surface area contributed by atoms with Crippen LogP contribution in [0.3, 0.4) is 0 Å². The van der Waals surface area contributed by atoms with Gasteiger partial charge >= 0.3 is 0 Å². The van der Waals surface area contributed by atoms with Crippen molar-refractivity contribution in [3.05, 3.63) is 53.8 Å². The zero-order valence-electron chi connectivity index (χ0n) is 14.0. The molecule has 0 amide bonds. The van der Waals surface area contributed by atoms with Crippen LogP contribution in [0, 0.1) is 5.82 Å². The Morgan fingerprint density at radius 1 is 1.19 bits per heavy atom. The average Bonchev–Trinajstić information content (AvgIpc) is 3.13. The first-order valence-corrected chi connectivity index (χ1v) is 10.2. The van der Waals surface area contributed by atoms with E-state index in [0.29, 0.717) is 29.8 Å². The molecule has 1 aliphatic rings. The quantitative estimate of drug-likeness (QED) is 0.681. The van der Waals surface area contributed by atoms with E-state index in [-0.39, 0.29) is 23.3 Å². The van der Waals surface area contributed by atoms with Crippen molar-refractivity contribution in [2.75, 3.05) is 13.3 Å². The molecule has 1 aliphatic heterocycles. The summed E-state index contributed by atoms with van der Waals surface area (Å²) in [4.78, 5) is 6.10. The molecule has 3 aromatic rings. The molecule has 2 N–H and O–H groups in total. The number of aliphatic imine (C=N–C) groups is 1. The molecule has 0 fully saturated rings. The minimum Gasteiger partial charge on any atom is -0.343 e. The van der Waals surface area contributed by atoms with Gasteiger partial charge in [0.05, 0.1) is 25.1 Å². The molecule has 0 saturated heterocycles. The standard InChI is InChI=1S/C16H15FN6O2S2/c17-12-5-2-1-4-11(12)8-23-9-18-16(19-10-23)22-27(24,25)14-7-3-6-13-15(14)21-26-20-13/h1-7H,8-10H2,(H2,18,19,22). The fourth-order valence-electron chi connectivity index (χ4n) is 2.69. The zero-order chi connectivity index (χ0) is 18.9. The second-order valence-corrected chi connectivity index (χ2v) is 8.08. The van der Waals surface area contributed by atoms with Gasteiger partial charge in [-0.05, 0) is 18.2 Å². The normalized spacial score (nSPS) is 15.4. The third kappa shape index (κ3) is 3.75. The highest BCUT2D eigenvalue weighted by Crippen LogP contribution is 2.21. The van der Waals surface area contributed by atoms with Crippen LogP contribution in [0.25, 0.3) is 11.0 Å². The summed E-state index contributed by atoms with van der Waals surface area (Å²) in [6, 6.07) is 11.3. The third-order valence-corrected chi connectivity index (χ3v) is 5.93. The van der Waals surface area contributed by atoms with Gasteiger partial charge in [-0.2, -0.15) is 8.75 Å². The summed E-state index contributed by atoms with van der Waals surface area (Å²) < 4.78 is 49.6. The molecule has 27 heavy (non-hydrogen) atoms. The van der Waals surface area contributed by atoms with Crippen LogP contribution in [0.5, 0.6) is 0 Å². The lowest BCUT2D eigenvalue weighted by atomic mass is 10.2. The number of aromatic nitrogens is 2. The van der Waals surface area contributed by atoms with Crippen LogP contribution >= 0.6 is 11.7 Å². The molecule has 1 aromatic heterocycles. The van der Waals surface area contributed by atoms with Crippen LogP contribution in [0.2, 0.25) is 0 Å². The number of hydrogen-bond donors (Lipinski definition) is 2. The van der Waals surface area contributed by atoms with Gasteiger partial charge in [-0.15, -0.1) is 0 Å². The SMILES string of the molecule is O=S(=O)(NC1=NCN(Cc2ccccc2F)CN1)c1cccc2nsnc12. The van der Waals surface area contributed by atoms with E-state index in [4.69, 9.17) is 0 Å². The van der Waals surface area contributed by atoms with Crippen molar-refractivity contribution in [3.8, 4) is 0 Å². The van der Waals surface area contributed by atoms with Crippen molar-refractivity contribution in [1.29, 1.82) is 0 Å². The summed E-state index contributed by atoms with van der Waals surface area (Å²) in [5.41, 5.74) is 1.41. The lowest BCUT2D eigenvalue weighted by Gasteiger charge is -2.27. The minimum atomic E-state index is -3.86. The first-order chi connectivity index (χ1) is 13.0. The maximum atomic E-state index is 13.7. The number of rotatable bonds is 4. The number of nitrogens with zero attached hydrogens (tertiary/aromatic N) is 4. The van der Waals surface area contributed by atoms with E-state index in [1.54, 1.807) is 30.3 Å². The van der Waals surface area contributed by atoms with Gasteiger partial charge in [0.25, 0.3) is 10.0 Å². The van der Waals surface area contributed by atoms with E-state index in [1.165, 1.54) is 12.1 Å². The molecule has 2 heterocycles. The van der Waals surface area contributed by atoms with E-state index in [9.17, 15) is 12.8 Å². The molecule has 4 rings (SSSR count). The Hall–Kier alpha value is -2.63. The molecule has 0 unspecified atom stereocenters. The van der Waals surface area contributed by atoms with E-state index >= 15 is 0 Å². The summed E-state index contributed by atoms with van der Waals surface area (Å²) in [6.45, 7) is 0.937. The molecule has 11 heteroatoms. The smallest absolute Gasteiger partial charge is 0.266 e. The Labute approximate surface area is 159 Å². The van der Waals surface area contributed by atoms with Crippen LogP contribution in [0.4, 0.5) is 4.39 Å². The fourth-order valence-corrected chi connectivity index (χ4v) is 4.46. The van der Waals surface area contributed by atoms with Crippen LogP contribution in [-0.2, 0) is 16.6 Å². The van der Waals surface area contributed by atoms with Crippen molar-refractivity contribution in [2.45, 2.75) is 11.4 Å². The minimum absolute atomic E-state index is 0.0482. The molecule has 0 atom stereocenters. The number of guanidine groups is 1. The van der Waals surface area contributed by atoms with Gasteiger partial charge in [0.15, 0.2) is 0 Å². The first kappa shape index (κ1) is 17.8. The summed E-state index contributed by atoms with van der Waals surface area (Å²) in [6.07, 6.45) is 0. The fraction of sp³-hybridized carbons (Fsp3) is 0.188. The predicted octanol–water partition coefficient (Wildman–Crippen LogP) is 1.49. The van der Waals surface area contributed by atoms with Crippen molar-refractivity contribution in [2.24, 2.45) is 4.99 Å². The Balaban J connectivity index is 1.47. The molecule has 8 nitrogen and oxygen atoms in total. The second-order valence-electron chi connectivity index (χ2n) is 5.90. The molecule has 0 bridgehead atoms. The zero-order valence-corrected chi connectivity index (χ0v) is 15.6. The van der Waals surface area contributed by atoms with E-state index in [2.05, 4.69) is 23.8 Å². The van der Waals surface area contributed by atoms with Crippen LogP contribution < -0.4 is 10.0 Å². The van der Waals surface area contributed by atoms with E-state index in [1.807, 2.05) is 4.90 Å². The van der Waals surface area contributed by atoms with Crippen molar-refractivity contribution in [3.63, 3.8) is 0 Å². The largest absolute Gasteiger partial charge is 0.343 e. The summed E-state index contributed by atoms with van der Waals surface area (Å²) in [5, 5.41) is 2.91. The Morgan fingerprint density at radius 3 is 2.81 bits per heavy atom. The van der Waals surface area contributed by atoms with Gasteiger partial charge in [-0.3, -0.25) is 4.90 Å². The highest BCUT2D eigenvalue weighted by Gasteiger charge is 2.23. The summed E-state index contributed by atoms with van der Waals surface area (Å²) >= 11 is 0.956. The topological polar surface area (TPSA) is 99.6 Å². The highest BCUT2D eigenvalue weighted by atomic mass is 32.2. The van der Waals surface area contributed by atoms with Gasteiger partial charge in [0, 0.05) is 12.1 Å². The monoisotopic (exact) mass is 406 g/mol. The van der Waals surface area contributed by atoms with Crippen LogP contribution in [-0.4, -0.2) is 41.4 Å². The number of halogens is 1. The molecular formula is C16H15FN6O2S2. The molecular weight excluding hydrogens is 391 g/mol. The van der Waals surface area contributed by atoms with E-state index < -0.39 is 10.0 Å². The molecule has 0 aliphatic carbocycles. The molecule has 0 radical (unpaired) electrons. The van der Waals surface area contributed by atoms with Crippen molar-refractivity contribution in [1.82, 2.24) is 23.7 Å². The summed E-state index contributed by atoms with van der Waals surface area (Å²) in [5.74, 6) is -0.141. The Morgan fingerprint density at radius 2 is 2.04 bits per heavy atom. The third-order valence-electron chi connectivity index (χ3n) is 4.02. The van der Waals surface area contributed by atoms with Gasteiger partial charge < -0.3 is 5.32 Å². The van der Waals surface area contributed by atoms with Crippen LogP contribution in [0.15, 0.2) is 52.4 Å². The maximum absolute atomic E-state index is 13.7. The average molecular weight is 406 g/mol. The Kier molecular flexibility index (Phi) is 4.72. The lowest BCUT2D eigenvalue weighted by molar-refractivity contribution is 0.252. The van der Waals surface area contributed by atoms with Gasteiger partial charge in [-0.1, -0.05) is 24.3 Å². The molecule has 140 valence electrons. The second kappa shape index (κ2) is 7.18. The van der Waals surface area contributed by atoms with Crippen molar-refractivity contribution < 1.29 is 12.8 Å². The summed E-state index contributed by atoms with van der Waals surface area (Å²) in [7, 11) is -3.86. The highest BCUT2D eigenvalue weighted by molar-refractivity contribution is 7.90. The van der Waals surface area contributed by atoms with Gasteiger partial charge in [0.1, 0.15) is 21.7 Å². The molecule has 0 saturated carbocycles. The number of nitrogens with one attached hydrogen (secondary N) is 2. The number of hydrogen-bond acceptors (Lipinski definition) is 8. The van der Waals surface area contributed by atoms with Gasteiger partial charge in [0.2, 0.25) is 5.96 Å². The van der Waals surface area contributed by atoms with E-state index in [0.717, 1.165) is 11.7 Å². The molecule has 2 aromatic carbocycles.